The number of nitrogen functional groups attached to an aromatic ring is 1. The zero-order valence-electron chi connectivity index (χ0n) is 9.39. The minimum atomic E-state index is -0.342. The number of halogens is 1. The van der Waals surface area contributed by atoms with Gasteiger partial charge in [0.25, 0.3) is 0 Å². The van der Waals surface area contributed by atoms with Crippen LogP contribution in [0.15, 0.2) is 18.7 Å². The van der Waals surface area contributed by atoms with Gasteiger partial charge < -0.3 is 5.73 Å². The molecule has 2 N–H and O–H groups in total. The van der Waals surface area contributed by atoms with E-state index < -0.39 is 0 Å². The van der Waals surface area contributed by atoms with Crippen molar-refractivity contribution < 1.29 is 4.39 Å². The van der Waals surface area contributed by atoms with Gasteiger partial charge in [-0.3, -0.25) is 0 Å². The SMILES string of the molecule is C=Cc1cc(CCC(C)C)cc(F)c1N. The molecule has 0 fully saturated rings. The average Bonchev–Trinajstić information content (AvgIpc) is 2.19. The molecule has 0 aliphatic rings. The van der Waals surface area contributed by atoms with Crippen molar-refractivity contribution in [3.8, 4) is 0 Å². The van der Waals surface area contributed by atoms with Gasteiger partial charge in [0.2, 0.25) is 0 Å². The van der Waals surface area contributed by atoms with Crippen LogP contribution in [0.4, 0.5) is 10.1 Å². The predicted octanol–water partition coefficient (Wildman–Crippen LogP) is 3.64. The van der Waals surface area contributed by atoms with E-state index in [1.165, 1.54) is 6.07 Å². The normalized spacial score (nSPS) is 10.7. The average molecular weight is 207 g/mol. The topological polar surface area (TPSA) is 26.0 Å². The van der Waals surface area contributed by atoms with Gasteiger partial charge in [0.1, 0.15) is 5.82 Å². The van der Waals surface area contributed by atoms with Gasteiger partial charge in [-0.05, 0) is 36.5 Å². The molecular formula is C13H18FN. The van der Waals surface area contributed by atoms with Gasteiger partial charge in [-0.25, -0.2) is 4.39 Å². The second-order valence-electron chi connectivity index (χ2n) is 4.22. The van der Waals surface area contributed by atoms with Crippen molar-refractivity contribution in [1.29, 1.82) is 0 Å². The summed E-state index contributed by atoms with van der Waals surface area (Å²) >= 11 is 0. The van der Waals surface area contributed by atoms with E-state index in [0.29, 0.717) is 11.5 Å². The summed E-state index contributed by atoms with van der Waals surface area (Å²) in [7, 11) is 0. The summed E-state index contributed by atoms with van der Waals surface area (Å²) in [5.41, 5.74) is 7.44. The molecule has 0 radical (unpaired) electrons. The number of benzene rings is 1. The molecule has 0 amide bonds. The molecule has 82 valence electrons. The summed E-state index contributed by atoms with van der Waals surface area (Å²) in [5, 5.41) is 0. The highest BCUT2D eigenvalue weighted by Crippen LogP contribution is 2.21. The summed E-state index contributed by atoms with van der Waals surface area (Å²) in [6, 6.07) is 3.43. The van der Waals surface area contributed by atoms with E-state index in [1.807, 2.05) is 6.07 Å². The van der Waals surface area contributed by atoms with Crippen LogP contribution in [0.2, 0.25) is 0 Å². The molecule has 15 heavy (non-hydrogen) atoms. The number of rotatable bonds is 4. The van der Waals surface area contributed by atoms with E-state index in [1.54, 1.807) is 6.08 Å². The van der Waals surface area contributed by atoms with Gasteiger partial charge in [0, 0.05) is 5.56 Å². The van der Waals surface area contributed by atoms with Crippen LogP contribution < -0.4 is 5.73 Å². The number of aryl methyl sites for hydroxylation is 1. The number of anilines is 1. The van der Waals surface area contributed by atoms with E-state index >= 15 is 0 Å². The number of hydrogen-bond donors (Lipinski definition) is 1. The predicted molar refractivity (Wildman–Crippen MR) is 64.1 cm³/mol. The summed E-state index contributed by atoms with van der Waals surface area (Å²) in [5.74, 6) is 0.281. The first-order valence-corrected chi connectivity index (χ1v) is 5.25. The number of nitrogens with two attached hydrogens (primary N) is 1. The Kier molecular flexibility index (Phi) is 3.89. The Hall–Kier alpha value is -1.31. The van der Waals surface area contributed by atoms with Crippen LogP contribution >= 0.6 is 0 Å². The largest absolute Gasteiger partial charge is 0.396 e. The second kappa shape index (κ2) is 4.96. The summed E-state index contributed by atoms with van der Waals surface area (Å²) in [6.07, 6.45) is 3.53. The molecule has 0 bridgehead atoms. The van der Waals surface area contributed by atoms with Crippen molar-refractivity contribution in [3.05, 3.63) is 35.7 Å². The maximum Gasteiger partial charge on any atom is 0.146 e. The van der Waals surface area contributed by atoms with E-state index in [-0.39, 0.29) is 11.5 Å². The van der Waals surface area contributed by atoms with E-state index in [9.17, 15) is 4.39 Å². The maximum atomic E-state index is 13.4. The highest BCUT2D eigenvalue weighted by molar-refractivity contribution is 5.64. The van der Waals surface area contributed by atoms with Crippen LogP contribution in [0.3, 0.4) is 0 Å². The van der Waals surface area contributed by atoms with E-state index in [2.05, 4.69) is 20.4 Å². The first-order valence-electron chi connectivity index (χ1n) is 5.25. The van der Waals surface area contributed by atoms with Crippen LogP contribution in [0, 0.1) is 11.7 Å². The van der Waals surface area contributed by atoms with Crippen LogP contribution in [0.25, 0.3) is 6.08 Å². The van der Waals surface area contributed by atoms with Crippen molar-refractivity contribution >= 4 is 11.8 Å². The smallest absolute Gasteiger partial charge is 0.146 e. The quantitative estimate of drug-likeness (QED) is 0.749. The molecule has 0 unspecified atom stereocenters. The molecule has 0 spiro atoms. The Morgan fingerprint density at radius 2 is 2.13 bits per heavy atom. The van der Waals surface area contributed by atoms with Gasteiger partial charge >= 0.3 is 0 Å². The monoisotopic (exact) mass is 207 g/mol. The molecule has 0 aliphatic carbocycles. The van der Waals surface area contributed by atoms with Gasteiger partial charge in [-0.2, -0.15) is 0 Å². The zero-order chi connectivity index (χ0) is 11.4. The lowest BCUT2D eigenvalue weighted by Gasteiger charge is -2.08. The first-order chi connectivity index (χ1) is 7.04. The molecule has 1 aromatic carbocycles. The van der Waals surface area contributed by atoms with Crippen molar-refractivity contribution in [2.45, 2.75) is 26.7 Å². The second-order valence-corrected chi connectivity index (χ2v) is 4.22. The van der Waals surface area contributed by atoms with Crippen LogP contribution in [-0.4, -0.2) is 0 Å². The van der Waals surface area contributed by atoms with Crippen LogP contribution in [0.5, 0.6) is 0 Å². The van der Waals surface area contributed by atoms with Crippen LogP contribution in [-0.2, 0) is 6.42 Å². The summed E-state index contributed by atoms with van der Waals surface area (Å²) in [4.78, 5) is 0. The molecular weight excluding hydrogens is 189 g/mol. The summed E-state index contributed by atoms with van der Waals surface area (Å²) in [6.45, 7) is 7.93. The Morgan fingerprint density at radius 3 is 2.67 bits per heavy atom. The van der Waals surface area contributed by atoms with Gasteiger partial charge in [0.05, 0.1) is 5.69 Å². The maximum absolute atomic E-state index is 13.4. The molecule has 0 aromatic heterocycles. The first kappa shape index (κ1) is 11.8. The number of hydrogen-bond acceptors (Lipinski definition) is 1. The molecule has 1 nitrogen and oxygen atoms in total. The van der Waals surface area contributed by atoms with Crippen LogP contribution in [0.1, 0.15) is 31.4 Å². The molecule has 0 saturated carbocycles. The van der Waals surface area contributed by atoms with Crippen molar-refractivity contribution in [3.63, 3.8) is 0 Å². The molecule has 0 atom stereocenters. The standard InChI is InChI=1S/C13H18FN/c1-4-11-7-10(6-5-9(2)3)8-12(14)13(11)15/h4,7-9H,1,5-6,15H2,2-3H3. The molecule has 0 aliphatic heterocycles. The minimum absolute atomic E-state index is 0.193. The summed E-state index contributed by atoms with van der Waals surface area (Å²) < 4.78 is 13.4. The van der Waals surface area contributed by atoms with E-state index in [0.717, 1.165) is 18.4 Å². The fourth-order valence-corrected chi connectivity index (χ4v) is 1.47. The fraction of sp³-hybridized carbons (Fsp3) is 0.385. The molecule has 1 aromatic rings. The van der Waals surface area contributed by atoms with Crippen molar-refractivity contribution in [2.75, 3.05) is 5.73 Å². The third kappa shape index (κ3) is 3.08. The molecule has 0 heterocycles. The van der Waals surface area contributed by atoms with Gasteiger partial charge in [-0.15, -0.1) is 0 Å². The third-order valence-corrected chi connectivity index (χ3v) is 2.45. The Labute approximate surface area is 90.8 Å². The zero-order valence-corrected chi connectivity index (χ0v) is 9.39. The molecule has 1 rings (SSSR count). The van der Waals surface area contributed by atoms with Gasteiger partial charge in [-0.1, -0.05) is 26.5 Å². The third-order valence-electron chi connectivity index (χ3n) is 2.45. The van der Waals surface area contributed by atoms with E-state index in [4.69, 9.17) is 5.73 Å². The lowest BCUT2D eigenvalue weighted by atomic mass is 10.00. The van der Waals surface area contributed by atoms with Crippen molar-refractivity contribution in [1.82, 2.24) is 0 Å². The lowest BCUT2D eigenvalue weighted by molar-refractivity contribution is 0.582. The van der Waals surface area contributed by atoms with Crippen molar-refractivity contribution in [2.24, 2.45) is 5.92 Å². The highest BCUT2D eigenvalue weighted by atomic mass is 19.1. The molecule has 0 saturated heterocycles. The molecule has 2 heteroatoms. The lowest BCUT2D eigenvalue weighted by Crippen LogP contribution is -1.98. The van der Waals surface area contributed by atoms with Gasteiger partial charge in [0.15, 0.2) is 0 Å². The highest BCUT2D eigenvalue weighted by Gasteiger charge is 2.06. The Balaban J connectivity index is 2.90. The Morgan fingerprint density at radius 1 is 1.47 bits per heavy atom. The fourth-order valence-electron chi connectivity index (χ4n) is 1.47. The Bertz CT molecular complexity index is 356. The minimum Gasteiger partial charge on any atom is -0.396 e.